The first-order chi connectivity index (χ1) is 11.7. The number of piperidine rings is 1. The number of anilines is 1. The Bertz CT molecular complexity index is 747. The van der Waals surface area contributed by atoms with E-state index < -0.39 is 0 Å². The second kappa shape index (κ2) is 6.84. The lowest BCUT2D eigenvalue weighted by molar-refractivity contribution is -0.136. The summed E-state index contributed by atoms with van der Waals surface area (Å²) in [6.45, 7) is 3.45. The molecule has 0 N–H and O–H groups in total. The van der Waals surface area contributed by atoms with E-state index in [1.807, 2.05) is 29.8 Å². The number of thiophene rings is 1. The fourth-order valence-corrected chi connectivity index (χ4v) is 5.11. The molecule has 4 heterocycles. The van der Waals surface area contributed by atoms with Gasteiger partial charge < -0.3 is 9.80 Å². The molecule has 2 aromatic heterocycles. The molecule has 4 rings (SSSR count). The average molecular weight is 406 g/mol. The van der Waals surface area contributed by atoms with E-state index in [9.17, 15) is 4.79 Å². The van der Waals surface area contributed by atoms with Crippen molar-refractivity contribution in [2.75, 3.05) is 24.5 Å². The second-order valence-corrected chi connectivity index (χ2v) is 8.35. The number of rotatable bonds is 2. The Balaban J connectivity index is 1.46. The van der Waals surface area contributed by atoms with Crippen LogP contribution in [0.5, 0.6) is 0 Å². The van der Waals surface area contributed by atoms with Gasteiger partial charge in [0.15, 0.2) is 0 Å². The van der Waals surface area contributed by atoms with Crippen molar-refractivity contribution in [3.05, 3.63) is 44.8 Å². The summed E-state index contributed by atoms with van der Waals surface area (Å²) in [6, 6.07) is 4.19. The van der Waals surface area contributed by atoms with Crippen LogP contribution in [0.2, 0.25) is 0 Å². The van der Waals surface area contributed by atoms with Crippen LogP contribution in [-0.4, -0.2) is 35.4 Å². The van der Waals surface area contributed by atoms with Crippen molar-refractivity contribution in [2.24, 2.45) is 5.92 Å². The van der Waals surface area contributed by atoms with E-state index in [0.717, 1.165) is 55.6 Å². The van der Waals surface area contributed by atoms with E-state index in [1.54, 1.807) is 0 Å². The first kappa shape index (κ1) is 16.1. The Morgan fingerprint density at radius 3 is 3.12 bits per heavy atom. The van der Waals surface area contributed by atoms with Gasteiger partial charge in [0.05, 0.1) is 16.1 Å². The number of aromatic nitrogens is 1. The molecule has 0 aliphatic carbocycles. The molecule has 2 aliphatic heterocycles. The van der Waals surface area contributed by atoms with Crippen molar-refractivity contribution in [3.8, 4) is 0 Å². The minimum absolute atomic E-state index is 0.0963. The minimum Gasteiger partial charge on any atom is -0.370 e. The van der Waals surface area contributed by atoms with Crippen LogP contribution < -0.4 is 4.90 Å². The third-order valence-corrected chi connectivity index (χ3v) is 6.62. The standard InChI is InChI=1S/C18H20BrN3OS/c19-15-10-20-6-3-16(15)21-7-1-2-14(12-21)18(23)22-8-4-17-13(11-22)5-9-24-17/h3,5-6,9-10,14H,1-2,4,7-8,11-12H2. The van der Waals surface area contributed by atoms with Gasteiger partial charge in [-0.2, -0.15) is 0 Å². The van der Waals surface area contributed by atoms with Crippen molar-refractivity contribution < 1.29 is 4.79 Å². The highest BCUT2D eigenvalue weighted by molar-refractivity contribution is 9.10. The zero-order valence-corrected chi connectivity index (χ0v) is 15.9. The van der Waals surface area contributed by atoms with Gasteiger partial charge in [0.25, 0.3) is 0 Å². The fraction of sp³-hybridized carbons (Fsp3) is 0.444. The molecular weight excluding hydrogens is 386 g/mol. The van der Waals surface area contributed by atoms with Crippen LogP contribution in [0.1, 0.15) is 23.3 Å². The largest absolute Gasteiger partial charge is 0.370 e. The number of carbonyl (C=O) groups is 1. The first-order valence-corrected chi connectivity index (χ1v) is 10.1. The van der Waals surface area contributed by atoms with Gasteiger partial charge in [-0.1, -0.05) is 0 Å². The molecule has 0 radical (unpaired) electrons. The molecule has 1 atom stereocenters. The third kappa shape index (κ3) is 3.09. The lowest BCUT2D eigenvalue weighted by Gasteiger charge is -2.37. The van der Waals surface area contributed by atoms with Crippen LogP contribution in [0.15, 0.2) is 34.4 Å². The van der Waals surface area contributed by atoms with E-state index in [4.69, 9.17) is 0 Å². The van der Waals surface area contributed by atoms with Crippen LogP contribution in [0, 0.1) is 5.92 Å². The maximum Gasteiger partial charge on any atom is 0.227 e. The minimum atomic E-state index is 0.0963. The Hall–Kier alpha value is -1.40. The molecule has 1 saturated heterocycles. The summed E-state index contributed by atoms with van der Waals surface area (Å²) in [5, 5.41) is 2.14. The SMILES string of the molecule is O=C(C1CCCN(c2ccncc2Br)C1)N1CCc2sccc2C1. The molecule has 6 heteroatoms. The quantitative estimate of drug-likeness (QED) is 0.763. The number of hydrogen-bond donors (Lipinski definition) is 0. The summed E-state index contributed by atoms with van der Waals surface area (Å²) < 4.78 is 0.999. The van der Waals surface area contributed by atoms with Gasteiger partial charge >= 0.3 is 0 Å². The van der Waals surface area contributed by atoms with Gasteiger partial charge in [0.1, 0.15) is 0 Å². The van der Waals surface area contributed by atoms with Gasteiger partial charge in [0.2, 0.25) is 5.91 Å². The normalized spacial score (nSPS) is 20.8. The number of pyridine rings is 1. The molecule has 0 spiro atoms. The summed E-state index contributed by atoms with van der Waals surface area (Å²) in [5.74, 6) is 0.417. The number of nitrogens with zero attached hydrogens (tertiary/aromatic N) is 3. The van der Waals surface area contributed by atoms with Gasteiger partial charge in [-0.15, -0.1) is 11.3 Å². The average Bonchev–Trinajstić information content (AvgIpc) is 3.09. The number of halogens is 1. The monoisotopic (exact) mass is 405 g/mol. The van der Waals surface area contributed by atoms with Crippen molar-refractivity contribution in [1.29, 1.82) is 0 Å². The van der Waals surface area contributed by atoms with Crippen LogP contribution >= 0.6 is 27.3 Å². The highest BCUT2D eigenvalue weighted by atomic mass is 79.9. The van der Waals surface area contributed by atoms with Crippen molar-refractivity contribution >= 4 is 38.9 Å². The first-order valence-electron chi connectivity index (χ1n) is 8.41. The molecule has 2 aliphatic rings. The predicted octanol–water partition coefficient (Wildman–Crippen LogP) is 3.71. The Morgan fingerprint density at radius 2 is 2.25 bits per heavy atom. The fourth-order valence-electron chi connectivity index (χ4n) is 3.72. The van der Waals surface area contributed by atoms with E-state index in [1.165, 1.54) is 10.4 Å². The smallest absolute Gasteiger partial charge is 0.227 e. The van der Waals surface area contributed by atoms with E-state index in [2.05, 4.69) is 42.2 Å². The van der Waals surface area contributed by atoms with E-state index in [-0.39, 0.29) is 5.92 Å². The molecule has 1 fully saturated rings. The zero-order valence-electron chi connectivity index (χ0n) is 13.4. The van der Waals surface area contributed by atoms with Crippen LogP contribution in [0.4, 0.5) is 5.69 Å². The molecule has 0 bridgehead atoms. The van der Waals surface area contributed by atoms with Crippen molar-refractivity contribution in [3.63, 3.8) is 0 Å². The molecule has 126 valence electrons. The van der Waals surface area contributed by atoms with Gasteiger partial charge in [-0.3, -0.25) is 9.78 Å². The summed E-state index contributed by atoms with van der Waals surface area (Å²) >= 11 is 5.40. The van der Waals surface area contributed by atoms with Gasteiger partial charge in [-0.05, 0) is 58.3 Å². The number of fused-ring (bicyclic) bond motifs is 1. The molecule has 1 unspecified atom stereocenters. The summed E-state index contributed by atoms with van der Waals surface area (Å²) in [5.41, 5.74) is 2.48. The summed E-state index contributed by atoms with van der Waals surface area (Å²) in [6.07, 6.45) is 6.69. The lowest BCUT2D eigenvalue weighted by atomic mass is 9.95. The third-order valence-electron chi connectivity index (χ3n) is 4.98. The number of amides is 1. The highest BCUT2D eigenvalue weighted by Crippen LogP contribution is 2.31. The van der Waals surface area contributed by atoms with Crippen molar-refractivity contribution in [1.82, 2.24) is 9.88 Å². The van der Waals surface area contributed by atoms with Crippen molar-refractivity contribution in [2.45, 2.75) is 25.8 Å². The predicted molar refractivity (Wildman–Crippen MR) is 100 cm³/mol. The lowest BCUT2D eigenvalue weighted by Crippen LogP contribution is -2.46. The Labute approximate surface area is 154 Å². The molecule has 0 aromatic carbocycles. The van der Waals surface area contributed by atoms with Crippen LogP contribution in [0.25, 0.3) is 0 Å². The van der Waals surface area contributed by atoms with Crippen LogP contribution in [0.3, 0.4) is 0 Å². The number of hydrogen-bond acceptors (Lipinski definition) is 4. The summed E-state index contributed by atoms with van der Waals surface area (Å²) in [7, 11) is 0. The van der Waals surface area contributed by atoms with E-state index in [0.29, 0.717) is 5.91 Å². The van der Waals surface area contributed by atoms with Gasteiger partial charge in [-0.25, -0.2) is 0 Å². The van der Waals surface area contributed by atoms with Crippen LogP contribution in [-0.2, 0) is 17.8 Å². The second-order valence-electron chi connectivity index (χ2n) is 6.49. The molecule has 2 aromatic rings. The molecule has 24 heavy (non-hydrogen) atoms. The zero-order chi connectivity index (χ0) is 16.5. The molecule has 4 nitrogen and oxygen atoms in total. The molecular formula is C18H20BrN3OS. The highest BCUT2D eigenvalue weighted by Gasteiger charge is 2.31. The molecule has 0 saturated carbocycles. The number of carbonyl (C=O) groups excluding carboxylic acids is 1. The Morgan fingerprint density at radius 1 is 1.33 bits per heavy atom. The van der Waals surface area contributed by atoms with Gasteiger partial charge in [0, 0.05) is 43.4 Å². The molecule has 1 amide bonds. The maximum absolute atomic E-state index is 13.0. The Kier molecular flexibility index (Phi) is 4.59. The van der Waals surface area contributed by atoms with E-state index >= 15 is 0 Å². The maximum atomic E-state index is 13.0. The summed E-state index contributed by atoms with van der Waals surface area (Å²) in [4.78, 5) is 23.0. The topological polar surface area (TPSA) is 36.4 Å².